The van der Waals surface area contributed by atoms with Crippen LogP contribution in [0, 0.1) is 5.92 Å². The molecule has 4 heterocycles. The number of amides is 1. The first-order valence-corrected chi connectivity index (χ1v) is 11.2. The van der Waals surface area contributed by atoms with Gasteiger partial charge in [-0.25, -0.2) is 0 Å². The Morgan fingerprint density at radius 2 is 2.12 bits per heavy atom. The maximum atomic E-state index is 12.8. The van der Waals surface area contributed by atoms with E-state index in [1.807, 2.05) is 18.2 Å². The summed E-state index contributed by atoms with van der Waals surface area (Å²) in [6.07, 6.45) is 10.7. The van der Waals surface area contributed by atoms with E-state index in [0.29, 0.717) is 11.5 Å². The van der Waals surface area contributed by atoms with E-state index in [4.69, 9.17) is 4.42 Å². The lowest BCUT2D eigenvalue weighted by molar-refractivity contribution is 0.0928. The fourth-order valence-corrected chi connectivity index (χ4v) is 3.97. The topological polar surface area (TPSA) is 89.1 Å². The summed E-state index contributed by atoms with van der Waals surface area (Å²) in [6, 6.07) is 7.17. The Morgan fingerprint density at radius 3 is 2.88 bits per heavy atom. The van der Waals surface area contributed by atoms with Crippen LogP contribution in [-0.2, 0) is 13.0 Å². The van der Waals surface area contributed by atoms with Gasteiger partial charge in [0.2, 0.25) is 0 Å². The number of aromatic nitrogens is 4. The highest BCUT2D eigenvalue weighted by atomic mass is 16.3. The minimum absolute atomic E-state index is 0.139. The fraction of sp³-hybridized carbons (Fsp3) is 0.417. The van der Waals surface area contributed by atoms with Crippen LogP contribution >= 0.6 is 0 Å². The van der Waals surface area contributed by atoms with Crippen molar-refractivity contribution in [2.24, 2.45) is 5.92 Å². The third-order valence-corrected chi connectivity index (χ3v) is 5.58. The van der Waals surface area contributed by atoms with Gasteiger partial charge < -0.3 is 14.3 Å². The lowest BCUT2D eigenvalue weighted by Gasteiger charge is -2.22. The van der Waals surface area contributed by atoms with Crippen molar-refractivity contribution in [3.8, 4) is 0 Å². The second kappa shape index (κ2) is 10.4. The summed E-state index contributed by atoms with van der Waals surface area (Å²) in [5.41, 5.74) is 0.548. The van der Waals surface area contributed by atoms with Crippen LogP contribution in [0.5, 0.6) is 0 Å². The number of pyridine rings is 1. The second-order valence-electron chi connectivity index (χ2n) is 8.49. The summed E-state index contributed by atoms with van der Waals surface area (Å²) in [6.45, 7) is 7.75. The maximum Gasteiger partial charge on any atom is 0.253 e. The quantitative estimate of drug-likeness (QED) is 0.585. The Bertz CT molecular complexity index is 1030. The predicted octanol–water partition coefficient (Wildman–Crippen LogP) is 3.35. The number of carbonyl (C=O) groups is 1. The molecule has 0 fully saturated rings. The number of furan rings is 1. The number of nitrogens with one attached hydrogen (secondary N) is 1. The standard InChI is InChI=1S/C24H30N6O2/c1-18(2)16-21(26-24(31)19-6-3-10-25-17-19)23-28-27-22-9-12-29(13-14-30(22)23)11-4-7-20-8-5-15-32-20/h3-8,10,15,17-18,21H,9,11-14,16H2,1-2H3,(H,26,31)/b7-4+. The zero-order valence-corrected chi connectivity index (χ0v) is 18.6. The van der Waals surface area contributed by atoms with E-state index in [-0.39, 0.29) is 11.9 Å². The minimum atomic E-state index is -0.200. The Morgan fingerprint density at radius 1 is 1.22 bits per heavy atom. The molecule has 1 atom stereocenters. The van der Waals surface area contributed by atoms with Crippen molar-refractivity contribution in [1.82, 2.24) is 30.0 Å². The van der Waals surface area contributed by atoms with Gasteiger partial charge in [0.25, 0.3) is 5.91 Å². The zero-order chi connectivity index (χ0) is 22.3. The fourth-order valence-electron chi connectivity index (χ4n) is 3.97. The molecule has 8 nitrogen and oxygen atoms in total. The highest BCUT2D eigenvalue weighted by molar-refractivity contribution is 5.94. The average Bonchev–Trinajstić information content (AvgIpc) is 3.41. The van der Waals surface area contributed by atoms with Crippen LogP contribution in [0.15, 0.2) is 53.4 Å². The Labute approximate surface area is 188 Å². The highest BCUT2D eigenvalue weighted by Crippen LogP contribution is 2.23. The van der Waals surface area contributed by atoms with Crippen molar-refractivity contribution in [2.45, 2.75) is 39.3 Å². The number of rotatable bonds is 8. The van der Waals surface area contributed by atoms with Gasteiger partial charge >= 0.3 is 0 Å². The number of hydrogen-bond donors (Lipinski definition) is 1. The van der Waals surface area contributed by atoms with Gasteiger partial charge in [0, 0.05) is 45.0 Å². The Balaban J connectivity index is 1.45. The van der Waals surface area contributed by atoms with Crippen LogP contribution in [0.2, 0.25) is 0 Å². The number of carbonyl (C=O) groups excluding carboxylic acids is 1. The average molecular weight is 435 g/mol. The molecule has 0 aromatic carbocycles. The Kier molecular flexibility index (Phi) is 7.11. The maximum absolute atomic E-state index is 12.8. The SMILES string of the molecule is CC(C)CC(NC(=O)c1cccnc1)c1nnc2n1CCN(C/C=C/c1ccco1)CC2. The van der Waals surface area contributed by atoms with Crippen LogP contribution in [0.4, 0.5) is 0 Å². The van der Waals surface area contributed by atoms with Gasteiger partial charge in [0.1, 0.15) is 11.6 Å². The normalized spacial score (nSPS) is 15.6. The third kappa shape index (κ3) is 5.50. The van der Waals surface area contributed by atoms with Gasteiger partial charge in [0.05, 0.1) is 17.9 Å². The van der Waals surface area contributed by atoms with E-state index in [1.165, 1.54) is 0 Å². The van der Waals surface area contributed by atoms with Crippen molar-refractivity contribution in [2.75, 3.05) is 19.6 Å². The summed E-state index contributed by atoms with van der Waals surface area (Å²) >= 11 is 0. The monoisotopic (exact) mass is 434 g/mol. The highest BCUT2D eigenvalue weighted by Gasteiger charge is 2.26. The summed E-state index contributed by atoms with van der Waals surface area (Å²) in [5.74, 6) is 2.93. The van der Waals surface area contributed by atoms with E-state index >= 15 is 0 Å². The molecule has 1 unspecified atom stereocenters. The molecule has 32 heavy (non-hydrogen) atoms. The molecule has 168 valence electrons. The molecular formula is C24H30N6O2. The van der Waals surface area contributed by atoms with Gasteiger partial charge in [-0.3, -0.25) is 14.7 Å². The van der Waals surface area contributed by atoms with Crippen molar-refractivity contribution in [3.05, 3.63) is 72.0 Å². The summed E-state index contributed by atoms with van der Waals surface area (Å²) in [7, 11) is 0. The molecule has 1 amide bonds. The van der Waals surface area contributed by atoms with E-state index in [9.17, 15) is 4.79 Å². The van der Waals surface area contributed by atoms with Crippen LogP contribution < -0.4 is 5.32 Å². The van der Waals surface area contributed by atoms with E-state index in [0.717, 1.165) is 56.4 Å². The molecule has 8 heteroatoms. The number of nitrogens with zero attached hydrogens (tertiary/aromatic N) is 5. The van der Waals surface area contributed by atoms with Crippen molar-refractivity contribution in [1.29, 1.82) is 0 Å². The van der Waals surface area contributed by atoms with Gasteiger partial charge in [0.15, 0.2) is 5.82 Å². The van der Waals surface area contributed by atoms with E-state index < -0.39 is 0 Å². The predicted molar refractivity (Wildman–Crippen MR) is 122 cm³/mol. The summed E-state index contributed by atoms with van der Waals surface area (Å²) in [5, 5.41) is 12.1. The molecule has 0 bridgehead atoms. The van der Waals surface area contributed by atoms with Crippen LogP contribution in [0.25, 0.3) is 6.08 Å². The van der Waals surface area contributed by atoms with Gasteiger partial charge in [-0.05, 0) is 42.7 Å². The smallest absolute Gasteiger partial charge is 0.253 e. The van der Waals surface area contributed by atoms with E-state index in [1.54, 1.807) is 30.8 Å². The van der Waals surface area contributed by atoms with Crippen LogP contribution in [0.1, 0.15) is 54.1 Å². The van der Waals surface area contributed by atoms with Crippen molar-refractivity contribution >= 4 is 12.0 Å². The summed E-state index contributed by atoms with van der Waals surface area (Å²) < 4.78 is 7.54. The first kappa shape index (κ1) is 22.0. The third-order valence-electron chi connectivity index (χ3n) is 5.58. The van der Waals surface area contributed by atoms with Crippen LogP contribution in [-0.4, -0.2) is 50.2 Å². The molecule has 3 aromatic rings. The molecule has 0 radical (unpaired) electrons. The lowest BCUT2D eigenvalue weighted by Crippen LogP contribution is -2.32. The first-order valence-electron chi connectivity index (χ1n) is 11.2. The molecule has 0 saturated heterocycles. The summed E-state index contributed by atoms with van der Waals surface area (Å²) in [4.78, 5) is 19.3. The lowest BCUT2D eigenvalue weighted by atomic mass is 10.0. The molecule has 0 saturated carbocycles. The molecule has 3 aromatic heterocycles. The Hall–Kier alpha value is -3.26. The first-order chi connectivity index (χ1) is 15.6. The van der Waals surface area contributed by atoms with Gasteiger partial charge in [-0.1, -0.05) is 19.9 Å². The molecule has 1 N–H and O–H groups in total. The second-order valence-corrected chi connectivity index (χ2v) is 8.49. The zero-order valence-electron chi connectivity index (χ0n) is 18.6. The van der Waals surface area contributed by atoms with E-state index in [2.05, 4.69) is 49.9 Å². The van der Waals surface area contributed by atoms with Crippen molar-refractivity contribution < 1.29 is 9.21 Å². The molecule has 1 aliphatic rings. The molecule has 4 rings (SSSR count). The van der Waals surface area contributed by atoms with Gasteiger partial charge in [-0.2, -0.15) is 0 Å². The van der Waals surface area contributed by atoms with Gasteiger partial charge in [-0.15, -0.1) is 10.2 Å². The molecule has 1 aliphatic heterocycles. The van der Waals surface area contributed by atoms with Crippen LogP contribution in [0.3, 0.4) is 0 Å². The number of hydrogen-bond acceptors (Lipinski definition) is 6. The largest absolute Gasteiger partial charge is 0.465 e. The number of fused-ring (bicyclic) bond motifs is 1. The molecule has 0 spiro atoms. The molecule has 0 aliphatic carbocycles. The molecular weight excluding hydrogens is 404 g/mol. The minimum Gasteiger partial charge on any atom is -0.465 e. The van der Waals surface area contributed by atoms with Crippen molar-refractivity contribution in [3.63, 3.8) is 0 Å².